The molecule has 0 bridgehead atoms. The van der Waals surface area contributed by atoms with Gasteiger partial charge < -0.3 is 21.4 Å². The molecule has 1 amide bonds. The lowest BCUT2D eigenvalue weighted by Gasteiger charge is -2.10. The van der Waals surface area contributed by atoms with E-state index in [1.54, 1.807) is 13.2 Å². The minimum Gasteiger partial charge on any atom is -0.392 e. The lowest BCUT2D eigenvalue weighted by molar-refractivity contribution is 0.0968. The van der Waals surface area contributed by atoms with Gasteiger partial charge in [0.25, 0.3) is 5.91 Å². The molecule has 5 heteroatoms. The molecule has 2 saturated carbocycles. The van der Waals surface area contributed by atoms with Crippen LogP contribution in [0.4, 0.5) is 0 Å². The number of benzene rings is 1. The summed E-state index contributed by atoms with van der Waals surface area (Å²) in [6.45, 7) is 3.25. The molecule has 2 unspecified atom stereocenters. The Morgan fingerprint density at radius 2 is 2.17 bits per heavy atom. The highest BCUT2D eigenvalue weighted by Crippen LogP contribution is 2.43. The van der Waals surface area contributed by atoms with Crippen LogP contribution in [0.1, 0.15) is 46.7 Å². The molecule has 2 aliphatic carbocycles. The third-order valence-corrected chi connectivity index (χ3v) is 4.81. The quantitative estimate of drug-likeness (QED) is 0.554. The van der Waals surface area contributed by atoms with E-state index >= 15 is 0 Å². The topological polar surface area (TPSA) is 77.0 Å². The van der Waals surface area contributed by atoms with E-state index < -0.39 is 0 Å². The zero-order valence-electron chi connectivity index (χ0n) is 14.4. The van der Waals surface area contributed by atoms with E-state index in [2.05, 4.69) is 22.9 Å². The van der Waals surface area contributed by atoms with Gasteiger partial charge in [-0.2, -0.15) is 0 Å². The van der Waals surface area contributed by atoms with Crippen LogP contribution in [-0.2, 0) is 0 Å². The summed E-state index contributed by atoms with van der Waals surface area (Å²) in [6.07, 6.45) is 6.62. The van der Waals surface area contributed by atoms with Gasteiger partial charge in [-0.3, -0.25) is 4.79 Å². The normalized spacial score (nSPS) is 22.8. The molecule has 0 heterocycles. The molecule has 5 nitrogen and oxygen atoms in total. The number of carbonyl (C=O) groups excluding carboxylic acids is 1. The fourth-order valence-corrected chi connectivity index (χ4v) is 3.06. The Labute approximate surface area is 143 Å². The molecule has 0 aliphatic heterocycles. The number of carbonyl (C=O) groups is 1. The van der Waals surface area contributed by atoms with Gasteiger partial charge in [0, 0.05) is 37.0 Å². The van der Waals surface area contributed by atoms with E-state index in [1.165, 1.54) is 24.0 Å². The summed E-state index contributed by atoms with van der Waals surface area (Å²) in [5, 5.41) is 16.6. The Bertz CT molecular complexity index is 663. The van der Waals surface area contributed by atoms with Crippen molar-refractivity contribution in [2.45, 2.75) is 38.1 Å². The summed E-state index contributed by atoms with van der Waals surface area (Å²) < 4.78 is 0. The molecule has 4 N–H and O–H groups in total. The summed E-state index contributed by atoms with van der Waals surface area (Å²) in [5.74, 6) is 1.24. The van der Waals surface area contributed by atoms with Gasteiger partial charge in [0.15, 0.2) is 0 Å². The van der Waals surface area contributed by atoms with E-state index in [-0.39, 0.29) is 5.91 Å². The summed E-state index contributed by atoms with van der Waals surface area (Å²) in [4.78, 5) is 12.4. The molecule has 1 aromatic carbocycles. The molecular formula is C19H26N4O. The molecule has 0 aromatic heterocycles. The second-order valence-electron chi connectivity index (χ2n) is 6.86. The Hall–Kier alpha value is -2.14. The first kappa shape index (κ1) is 16.7. The third kappa shape index (κ3) is 4.03. The number of rotatable bonds is 8. The zero-order chi connectivity index (χ0) is 17.1. The Morgan fingerprint density at radius 3 is 2.83 bits per heavy atom. The summed E-state index contributed by atoms with van der Waals surface area (Å²) in [7, 11) is 1.74. The Morgan fingerprint density at radius 1 is 1.38 bits per heavy atom. The number of hydrogen-bond donors (Lipinski definition) is 4. The Kier molecular flexibility index (Phi) is 5.00. The maximum atomic E-state index is 12.4. The maximum Gasteiger partial charge on any atom is 0.255 e. The summed E-state index contributed by atoms with van der Waals surface area (Å²) in [6, 6.07) is 6.44. The first-order chi connectivity index (χ1) is 11.6. The first-order valence-corrected chi connectivity index (χ1v) is 8.65. The smallest absolute Gasteiger partial charge is 0.255 e. The average molecular weight is 326 g/mol. The molecule has 0 spiro atoms. The number of amides is 1. The van der Waals surface area contributed by atoms with E-state index in [9.17, 15) is 4.79 Å². The van der Waals surface area contributed by atoms with Crippen LogP contribution in [0, 0.1) is 18.3 Å². The molecule has 3 rings (SSSR count). The number of aryl methyl sites for hydroxylation is 1. The molecular weight excluding hydrogens is 300 g/mol. The van der Waals surface area contributed by atoms with Gasteiger partial charge in [0.05, 0.1) is 5.70 Å². The fraction of sp³-hybridized carbons (Fsp3) is 0.474. The van der Waals surface area contributed by atoms with E-state index in [1.807, 2.05) is 18.2 Å². The minimum absolute atomic E-state index is 0.176. The largest absolute Gasteiger partial charge is 0.392 e. The SMILES string of the molecule is CN/C=C(\C=N)NC(=O)c1ccc(C)c(C2CC2NCC2CC2)c1. The average Bonchev–Trinajstić information content (AvgIpc) is 3.47. The third-order valence-electron chi connectivity index (χ3n) is 4.81. The lowest BCUT2D eigenvalue weighted by Crippen LogP contribution is -2.25. The van der Waals surface area contributed by atoms with Crippen molar-refractivity contribution >= 4 is 12.1 Å². The van der Waals surface area contributed by atoms with Crippen LogP contribution in [0.5, 0.6) is 0 Å². The monoisotopic (exact) mass is 326 g/mol. The van der Waals surface area contributed by atoms with Gasteiger partial charge in [-0.05, 0) is 61.9 Å². The number of allylic oxidation sites excluding steroid dienone is 1. The highest BCUT2D eigenvalue weighted by molar-refractivity contribution is 5.98. The van der Waals surface area contributed by atoms with Gasteiger partial charge in [0.2, 0.25) is 0 Å². The van der Waals surface area contributed by atoms with Crippen LogP contribution in [0.2, 0.25) is 0 Å². The van der Waals surface area contributed by atoms with Crippen molar-refractivity contribution in [3.05, 3.63) is 46.8 Å². The van der Waals surface area contributed by atoms with Crippen LogP contribution >= 0.6 is 0 Å². The van der Waals surface area contributed by atoms with Crippen molar-refractivity contribution < 1.29 is 4.79 Å². The van der Waals surface area contributed by atoms with Crippen LogP contribution in [0.15, 0.2) is 30.1 Å². The molecule has 1 aromatic rings. The van der Waals surface area contributed by atoms with Gasteiger partial charge in [0.1, 0.15) is 0 Å². The number of nitrogens with one attached hydrogen (secondary N) is 4. The van der Waals surface area contributed by atoms with Crippen molar-refractivity contribution in [3.63, 3.8) is 0 Å². The van der Waals surface area contributed by atoms with E-state index in [0.29, 0.717) is 23.2 Å². The lowest BCUT2D eigenvalue weighted by atomic mass is 10.0. The van der Waals surface area contributed by atoms with Crippen LogP contribution in [0.3, 0.4) is 0 Å². The highest BCUT2D eigenvalue weighted by Gasteiger charge is 2.39. The highest BCUT2D eigenvalue weighted by atomic mass is 16.1. The summed E-state index contributed by atoms with van der Waals surface area (Å²) in [5.41, 5.74) is 3.60. The molecule has 24 heavy (non-hydrogen) atoms. The van der Waals surface area contributed by atoms with Crippen LogP contribution in [0.25, 0.3) is 0 Å². The van der Waals surface area contributed by atoms with Crippen LogP contribution in [-0.4, -0.2) is 31.8 Å². The van der Waals surface area contributed by atoms with Crippen molar-refractivity contribution in [1.29, 1.82) is 5.41 Å². The molecule has 128 valence electrons. The van der Waals surface area contributed by atoms with Crippen molar-refractivity contribution in [2.24, 2.45) is 5.92 Å². The number of hydrogen-bond acceptors (Lipinski definition) is 4. The van der Waals surface area contributed by atoms with Gasteiger partial charge in [-0.25, -0.2) is 0 Å². The summed E-state index contributed by atoms with van der Waals surface area (Å²) >= 11 is 0. The van der Waals surface area contributed by atoms with Crippen molar-refractivity contribution in [3.8, 4) is 0 Å². The minimum atomic E-state index is -0.176. The van der Waals surface area contributed by atoms with Gasteiger partial charge >= 0.3 is 0 Å². The maximum absolute atomic E-state index is 12.4. The van der Waals surface area contributed by atoms with Gasteiger partial charge in [-0.15, -0.1) is 0 Å². The standard InChI is InChI=1S/C19H26N4O/c1-12-3-6-14(19(24)23-15(9-20)11-21-2)7-16(12)17-8-18(17)22-10-13-4-5-13/h3,6-7,9,11,13,17-18,20-22H,4-5,8,10H2,1-2H3,(H,23,24)/b15-11+,20-9?. The molecule has 2 aliphatic rings. The van der Waals surface area contributed by atoms with E-state index in [4.69, 9.17) is 5.41 Å². The Balaban J connectivity index is 1.66. The van der Waals surface area contributed by atoms with Crippen molar-refractivity contribution in [2.75, 3.05) is 13.6 Å². The molecule has 2 atom stereocenters. The second-order valence-corrected chi connectivity index (χ2v) is 6.86. The fourth-order valence-electron chi connectivity index (χ4n) is 3.06. The molecule has 2 fully saturated rings. The molecule has 0 radical (unpaired) electrons. The van der Waals surface area contributed by atoms with Gasteiger partial charge in [-0.1, -0.05) is 6.07 Å². The molecule has 0 saturated heterocycles. The first-order valence-electron chi connectivity index (χ1n) is 8.65. The van der Waals surface area contributed by atoms with E-state index in [0.717, 1.165) is 25.1 Å². The van der Waals surface area contributed by atoms with Crippen LogP contribution < -0.4 is 16.0 Å². The predicted molar refractivity (Wildman–Crippen MR) is 96.4 cm³/mol. The zero-order valence-corrected chi connectivity index (χ0v) is 14.4. The predicted octanol–water partition coefficient (Wildman–Crippen LogP) is 2.29. The van der Waals surface area contributed by atoms with Crippen molar-refractivity contribution in [1.82, 2.24) is 16.0 Å². The second kappa shape index (κ2) is 7.18.